The van der Waals surface area contributed by atoms with Gasteiger partial charge in [0, 0.05) is 35.5 Å². The number of imidazole rings is 1. The van der Waals surface area contributed by atoms with Gasteiger partial charge in [0.05, 0.1) is 50.6 Å². The predicted octanol–water partition coefficient (Wildman–Crippen LogP) is 3.39. The second kappa shape index (κ2) is 12.0. The molecule has 1 saturated carbocycles. The van der Waals surface area contributed by atoms with Crippen LogP contribution in [0, 0.1) is 0 Å². The third kappa shape index (κ3) is 6.32. The van der Waals surface area contributed by atoms with E-state index in [1.165, 1.54) is 0 Å². The van der Waals surface area contributed by atoms with Crippen LogP contribution < -0.4 is 10.6 Å². The molecule has 3 N–H and O–H groups in total. The quantitative estimate of drug-likeness (QED) is 0.241. The van der Waals surface area contributed by atoms with E-state index in [0.29, 0.717) is 56.0 Å². The highest BCUT2D eigenvalue weighted by molar-refractivity contribution is 5.95. The maximum Gasteiger partial charge on any atom is 0.251 e. The molecule has 0 saturated heterocycles. The van der Waals surface area contributed by atoms with Gasteiger partial charge in [0.1, 0.15) is 0 Å². The van der Waals surface area contributed by atoms with E-state index >= 15 is 0 Å². The van der Waals surface area contributed by atoms with Crippen LogP contribution in [-0.4, -0.2) is 71.0 Å². The summed E-state index contributed by atoms with van der Waals surface area (Å²) in [5, 5.41) is 15.1. The monoisotopic (exact) mass is 501 g/mol. The van der Waals surface area contributed by atoms with E-state index in [9.17, 15) is 4.79 Å². The van der Waals surface area contributed by atoms with Gasteiger partial charge in [0.15, 0.2) is 11.5 Å². The number of hydrogen-bond acceptors (Lipinski definition) is 7. The maximum atomic E-state index is 12.4. The highest BCUT2D eigenvalue weighted by Crippen LogP contribution is 2.28. The van der Waals surface area contributed by atoms with Crippen molar-refractivity contribution in [1.29, 1.82) is 0 Å². The van der Waals surface area contributed by atoms with Crippen LogP contribution in [-0.2, 0) is 9.47 Å². The number of nitrogens with one attached hydrogen (secondary N) is 2. The van der Waals surface area contributed by atoms with Gasteiger partial charge in [0.2, 0.25) is 0 Å². The van der Waals surface area contributed by atoms with Crippen LogP contribution in [0.25, 0.3) is 28.2 Å². The smallest absolute Gasteiger partial charge is 0.251 e. The van der Waals surface area contributed by atoms with E-state index in [-0.39, 0.29) is 12.5 Å². The van der Waals surface area contributed by atoms with Crippen molar-refractivity contribution >= 4 is 17.4 Å². The molecule has 1 fully saturated rings. The summed E-state index contributed by atoms with van der Waals surface area (Å²) in [5.74, 6) is 0.629. The lowest BCUT2D eigenvalue weighted by atomic mass is 10.1. The summed E-state index contributed by atoms with van der Waals surface area (Å²) in [5.41, 5.74) is 5.03. The maximum absolute atomic E-state index is 12.4. The molecule has 2 aromatic heterocycles. The number of rotatable bonds is 13. The average molecular weight is 502 g/mol. The Bertz CT molecular complexity index is 1320. The van der Waals surface area contributed by atoms with Crippen molar-refractivity contribution in [2.45, 2.75) is 18.9 Å². The number of fused-ring (bicyclic) bond motifs is 1. The van der Waals surface area contributed by atoms with E-state index < -0.39 is 0 Å². The molecule has 0 radical (unpaired) electrons. The first-order valence-corrected chi connectivity index (χ1v) is 12.6. The number of aromatic nitrogens is 3. The minimum atomic E-state index is -0.0311. The van der Waals surface area contributed by atoms with Crippen molar-refractivity contribution in [2.24, 2.45) is 0 Å². The molecule has 2 aromatic carbocycles. The minimum absolute atomic E-state index is 0.00712. The molecule has 1 aliphatic carbocycles. The van der Waals surface area contributed by atoms with E-state index in [4.69, 9.17) is 19.6 Å². The zero-order valence-electron chi connectivity index (χ0n) is 20.6. The van der Waals surface area contributed by atoms with Crippen molar-refractivity contribution in [3.63, 3.8) is 0 Å². The van der Waals surface area contributed by atoms with E-state index in [1.807, 2.05) is 71.4 Å². The molecular formula is C28H31N5O4. The van der Waals surface area contributed by atoms with Crippen LogP contribution in [0.3, 0.4) is 0 Å². The molecule has 192 valence electrons. The number of ether oxygens (including phenoxy) is 2. The molecule has 5 rings (SSSR count). The first kappa shape index (κ1) is 24.9. The summed E-state index contributed by atoms with van der Waals surface area (Å²) in [7, 11) is 0. The van der Waals surface area contributed by atoms with E-state index in [0.717, 1.165) is 35.4 Å². The highest BCUT2D eigenvalue weighted by Gasteiger charge is 2.23. The molecule has 2 heterocycles. The molecule has 0 aliphatic heterocycles. The fourth-order valence-electron chi connectivity index (χ4n) is 3.99. The molecule has 0 bridgehead atoms. The van der Waals surface area contributed by atoms with Gasteiger partial charge in [-0.05, 0) is 25.0 Å². The number of amides is 1. The van der Waals surface area contributed by atoms with Crippen LogP contribution in [0.15, 0.2) is 67.0 Å². The molecular weight excluding hydrogens is 470 g/mol. The Hall–Kier alpha value is -3.79. The Labute approximate surface area is 215 Å². The van der Waals surface area contributed by atoms with Crippen LogP contribution in [0.2, 0.25) is 0 Å². The van der Waals surface area contributed by atoms with Gasteiger partial charge in [-0.1, -0.05) is 42.5 Å². The summed E-state index contributed by atoms with van der Waals surface area (Å²) in [4.78, 5) is 21.9. The minimum Gasteiger partial charge on any atom is -0.394 e. The fraction of sp³-hybridized carbons (Fsp3) is 0.321. The Balaban J connectivity index is 1.37. The summed E-state index contributed by atoms with van der Waals surface area (Å²) < 4.78 is 12.8. The number of aliphatic hydroxyl groups is 1. The molecule has 37 heavy (non-hydrogen) atoms. The Morgan fingerprint density at radius 3 is 2.46 bits per heavy atom. The molecule has 1 amide bonds. The average Bonchev–Trinajstić information content (AvgIpc) is 3.65. The van der Waals surface area contributed by atoms with Gasteiger partial charge in [-0.15, -0.1) is 0 Å². The van der Waals surface area contributed by atoms with Gasteiger partial charge in [-0.2, -0.15) is 0 Å². The van der Waals surface area contributed by atoms with E-state index in [1.54, 1.807) is 0 Å². The standard InChI is InChI=1S/C28H31N5O4/c34-13-15-37-17-16-36-14-12-29-26-27-30-18-25(33(27)19-24(32-26)20-4-2-1-3-5-20)21-6-8-22(9-7-21)28(35)31-23-10-11-23/h1-9,18-19,23,34H,10-17H2,(H,29,32)(H,31,35). The van der Waals surface area contributed by atoms with Crippen LogP contribution in [0.1, 0.15) is 23.2 Å². The molecule has 1 aliphatic rings. The molecule has 0 unspecified atom stereocenters. The first-order chi connectivity index (χ1) is 18.2. The largest absolute Gasteiger partial charge is 0.394 e. The van der Waals surface area contributed by atoms with Crippen LogP contribution >= 0.6 is 0 Å². The Morgan fingerprint density at radius 2 is 1.73 bits per heavy atom. The van der Waals surface area contributed by atoms with Gasteiger partial charge >= 0.3 is 0 Å². The highest BCUT2D eigenvalue weighted by atomic mass is 16.5. The van der Waals surface area contributed by atoms with Gasteiger partial charge in [-0.25, -0.2) is 9.97 Å². The van der Waals surface area contributed by atoms with Crippen LogP contribution in [0.5, 0.6) is 0 Å². The summed E-state index contributed by atoms with van der Waals surface area (Å²) in [6.07, 6.45) is 5.93. The SMILES string of the molecule is O=C(NC1CC1)c1ccc(-c2cnc3c(NCCOCCOCCO)nc(-c4ccccc4)cn23)cc1. The topological polar surface area (TPSA) is 110 Å². The fourth-order valence-corrected chi connectivity index (χ4v) is 3.99. The van der Waals surface area contributed by atoms with Crippen molar-refractivity contribution < 1.29 is 19.4 Å². The van der Waals surface area contributed by atoms with Crippen molar-refractivity contribution in [3.05, 3.63) is 72.6 Å². The Kier molecular flexibility index (Phi) is 8.05. The van der Waals surface area contributed by atoms with Gasteiger partial charge < -0.3 is 25.2 Å². The van der Waals surface area contributed by atoms with Gasteiger partial charge in [0.25, 0.3) is 5.91 Å². The molecule has 9 nitrogen and oxygen atoms in total. The predicted molar refractivity (Wildman–Crippen MR) is 142 cm³/mol. The molecule has 0 spiro atoms. The second-order valence-electron chi connectivity index (χ2n) is 8.88. The zero-order valence-corrected chi connectivity index (χ0v) is 20.6. The van der Waals surface area contributed by atoms with Crippen molar-refractivity contribution in [2.75, 3.05) is 44.9 Å². The summed E-state index contributed by atoms with van der Waals surface area (Å²) in [6, 6.07) is 17.9. The summed E-state index contributed by atoms with van der Waals surface area (Å²) >= 11 is 0. The Morgan fingerprint density at radius 1 is 0.973 bits per heavy atom. The third-order valence-electron chi connectivity index (χ3n) is 6.06. The normalized spacial score (nSPS) is 13.1. The number of nitrogens with zero attached hydrogens (tertiary/aromatic N) is 3. The lowest BCUT2D eigenvalue weighted by Gasteiger charge is -2.12. The molecule has 4 aromatic rings. The number of hydrogen-bond donors (Lipinski definition) is 3. The second-order valence-corrected chi connectivity index (χ2v) is 8.88. The molecule has 0 atom stereocenters. The van der Waals surface area contributed by atoms with Gasteiger partial charge in [-0.3, -0.25) is 9.20 Å². The lowest BCUT2D eigenvalue weighted by molar-refractivity contribution is 0.0361. The molecule has 9 heteroatoms. The number of carbonyl (C=O) groups is 1. The van der Waals surface area contributed by atoms with E-state index in [2.05, 4.69) is 15.6 Å². The van der Waals surface area contributed by atoms with Crippen LogP contribution in [0.4, 0.5) is 5.82 Å². The number of benzene rings is 2. The lowest BCUT2D eigenvalue weighted by Crippen LogP contribution is -2.25. The zero-order chi connectivity index (χ0) is 25.5. The third-order valence-corrected chi connectivity index (χ3v) is 6.06. The number of carbonyl (C=O) groups excluding carboxylic acids is 1. The van der Waals surface area contributed by atoms with Crippen molar-refractivity contribution in [3.8, 4) is 22.5 Å². The van der Waals surface area contributed by atoms with Crippen molar-refractivity contribution in [1.82, 2.24) is 19.7 Å². The number of anilines is 1. The summed E-state index contributed by atoms with van der Waals surface area (Å²) in [6.45, 7) is 2.24. The first-order valence-electron chi connectivity index (χ1n) is 12.6. The number of aliphatic hydroxyl groups excluding tert-OH is 1.